The molecule has 1 atom stereocenters. The molecular weight excluding hydrogens is 288 g/mol. The maximum atomic E-state index is 12.3. The van der Waals surface area contributed by atoms with Crippen LogP contribution in [0.15, 0.2) is 35.9 Å². The fourth-order valence-electron chi connectivity index (χ4n) is 1.79. The van der Waals surface area contributed by atoms with Crippen LogP contribution in [0.4, 0.5) is 0 Å². The average Bonchev–Trinajstić information content (AvgIpc) is 2.46. The molecule has 0 aliphatic carbocycles. The Hall–Kier alpha value is -2.21. The van der Waals surface area contributed by atoms with Crippen LogP contribution >= 0.6 is 0 Å². The van der Waals surface area contributed by atoms with Gasteiger partial charge in [0.1, 0.15) is 12.4 Å². The van der Waals surface area contributed by atoms with Gasteiger partial charge < -0.3 is 9.47 Å². The molecule has 0 aliphatic heterocycles. The SMILES string of the molecule is C#CC(C)(OC(=O)C(C)(C)C)c1ccccc1OCC=C(C)C. The molecule has 0 fully saturated rings. The van der Waals surface area contributed by atoms with E-state index >= 15 is 0 Å². The predicted octanol–water partition coefficient (Wildman–Crippen LogP) is 4.47. The Morgan fingerprint density at radius 1 is 1.22 bits per heavy atom. The van der Waals surface area contributed by atoms with Gasteiger partial charge in [0.05, 0.1) is 5.41 Å². The predicted molar refractivity (Wildman–Crippen MR) is 93.1 cm³/mol. The van der Waals surface area contributed by atoms with E-state index in [1.807, 2.05) is 44.2 Å². The van der Waals surface area contributed by atoms with Gasteiger partial charge in [-0.1, -0.05) is 29.7 Å². The second-order valence-electron chi connectivity index (χ2n) is 6.91. The Morgan fingerprint density at radius 3 is 2.35 bits per heavy atom. The van der Waals surface area contributed by atoms with E-state index in [9.17, 15) is 4.79 Å². The Balaban J connectivity index is 3.13. The van der Waals surface area contributed by atoms with Gasteiger partial charge in [0.25, 0.3) is 0 Å². The first kappa shape index (κ1) is 18.8. The maximum absolute atomic E-state index is 12.3. The zero-order valence-electron chi connectivity index (χ0n) is 14.9. The lowest BCUT2D eigenvalue weighted by Gasteiger charge is -2.29. The van der Waals surface area contributed by atoms with Crippen molar-refractivity contribution < 1.29 is 14.3 Å². The van der Waals surface area contributed by atoms with Crippen molar-refractivity contribution in [2.75, 3.05) is 6.61 Å². The molecule has 1 aromatic rings. The van der Waals surface area contributed by atoms with Gasteiger partial charge in [-0.05, 0) is 53.7 Å². The van der Waals surface area contributed by atoms with E-state index in [2.05, 4.69) is 5.92 Å². The normalized spacial score (nSPS) is 13.4. The van der Waals surface area contributed by atoms with E-state index in [1.165, 1.54) is 5.57 Å². The third-order valence-corrected chi connectivity index (χ3v) is 3.32. The summed E-state index contributed by atoms with van der Waals surface area (Å²) < 4.78 is 11.4. The van der Waals surface area contributed by atoms with E-state index in [1.54, 1.807) is 27.7 Å². The summed E-state index contributed by atoms with van der Waals surface area (Å²) in [5, 5.41) is 0. The number of benzene rings is 1. The summed E-state index contributed by atoms with van der Waals surface area (Å²) in [7, 11) is 0. The number of hydrogen-bond donors (Lipinski definition) is 0. The minimum absolute atomic E-state index is 0.350. The van der Waals surface area contributed by atoms with Crippen LogP contribution in [0.5, 0.6) is 5.75 Å². The fraction of sp³-hybridized carbons (Fsp3) is 0.450. The third-order valence-electron chi connectivity index (χ3n) is 3.32. The molecule has 0 saturated carbocycles. The number of ether oxygens (including phenoxy) is 2. The average molecular weight is 314 g/mol. The van der Waals surface area contributed by atoms with Crippen molar-refractivity contribution in [3.05, 3.63) is 41.5 Å². The molecule has 1 unspecified atom stereocenters. The molecule has 0 heterocycles. The highest BCUT2D eigenvalue weighted by Crippen LogP contribution is 2.34. The Bertz CT molecular complexity index is 625. The summed E-state index contributed by atoms with van der Waals surface area (Å²) in [4.78, 5) is 12.3. The third kappa shape index (κ3) is 5.17. The van der Waals surface area contributed by atoms with Crippen LogP contribution in [0, 0.1) is 17.8 Å². The molecule has 0 N–H and O–H groups in total. The number of rotatable bonds is 5. The van der Waals surface area contributed by atoms with E-state index < -0.39 is 11.0 Å². The summed E-state index contributed by atoms with van der Waals surface area (Å²) >= 11 is 0. The lowest BCUT2D eigenvalue weighted by molar-refractivity contribution is -0.163. The van der Waals surface area contributed by atoms with Gasteiger partial charge in [-0.15, -0.1) is 6.42 Å². The number of carbonyl (C=O) groups excluding carboxylic acids is 1. The van der Waals surface area contributed by atoms with Crippen LogP contribution in [0.2, 0.25) is 0 Å². The molecule has 3 nitrogen and oxygen atoms in total. The molecule has 0 aliphatic rings. The van der Waals surface area contributed by atoms with Gasteiger partial charge in [0.15, 0.2) is 5.60 Å². The highest BCUT2D eigenvalue weighted by Gasteiger charge is 2.35. The van der Waals surface area contributed by atoms with Crippen molar-refractivity contribution in [1.29, 1.82) is 0 Å². The molecule has 0 saturated heterocycles. The van der Waals surface area contributed by atoms with Crippen LogP contribution < -0.4 is 4.74 Å². The first-order chi connectivity index (χ1) is 10.6. The minimum atomic E-state index is -1.17. The largest absolute Gasteiger partial charge is 0.489 e. The number of allylic oxidation sites excluding steroid dienone is 1. The first-order valence-corrected chi connectivity index (χ1v) is 7.67. The van der Waals surface area contributed by atoms with Crippen LogP contribution in [-0.2, 0) is 15.1 Å². The zero-order chi connectivity index (χ0) is 17.7. The van der Waals surface area contributed by atoms with Crippen LogP contribution in [0.3, 0.4) is 0 Å². The summed E-state index contributed by atoms with van der Waals surface area (Å²) in [5.74, 6) is 2.87. The lowest BCUT2D eigenvalue weighted by Crippen LogP contribution is -2.34. The summed E-state index contributed by atoms with van der Waals surface area (Å²) in [6.45, 7) is 11.5. The standard InChI is InChI=1S/C20H26O3/c1-8-20(7,23-18(21)19(4,5)6)16-11-9-10-12-17(16)22-14-13-15(2)3/h1,9-13H,14H2,2-7H3. The number of hydrogen-bond acceptors (Lipinski definition) is 3. The van der Waals surface area contributed by atoms with Crippen molar-refractivity contribution in [2.24, 2.45) is 5.41 Å². The summed E-state index contributed by atoms with van der Waals surface area (Å²) in [6, 6.07) is 7.37. The van der Waals surface area contributed by atoms with Crippen LogP contribution in [0.1, 0.15) is 47.1 Å². The molecule has 0 spiro atoms. The van der Waals surface area contributed by atoms with Crippen molar-refractivity contribution in [1.82, 2.24) is 0 Å². The summed E-state index contributed by atoms with van der Waals surface area (Å²) in [5.41, 5.74) is 0.0330. The van der Waals surface area contributed by atoms with E-state index in [-0.39, 0.29) is 5.97 Å². The second kappa shape index (κ2) is 7.37. The first-order valence-electron chi connectivity index (χ1n) is 7.67. The van der Waals surface area contributed by atoms with Gasteiger partial charge in [-0.3, -0.25) is 4.79 Å². The monoisotopic (exact) mass is 314 g/mol. The highest BCUT2D eigenvalue weighted by molar-refractivity contribution is 5.76. The molecule has 1 aromatic carbocycles. The van der Waals surface area contributed by atoms with Crippen molar-refractivity contribution >= 4 is 5.97 Å². The summed E-state index contributed by atoms with van der Waals surface area (Å²) in [6.07, 6.45) is 7.66. The van der Waals surface area contributed by atoms with Crippen molar-refractivity contribution in [3.63, 3.8) is 0 Å². The van der Waals surface area contributed by atoms with Crippen LogP contribution in [-0.4, -0.2) is 12.6 Å². The van der Waals surface area contributed by atoms with E-state index in [0.29, 0.717) is 17.9 Å². The Kier molecular flexibility index (Phi) is 6.04. The lowest BCUT2D eigenvalue weighted by atomic mass is 9.93. The van der Waals surface area contributed by atoms with Gasteiger partial charge in [0, 0.05) is 5.56 Å². The molecule has 0 aromatic heterocycles. The van der Waals surface area contributed by atoms with Gasteiger partial charge in [-0.2, -0.15) is 0 Å². The molecule has 0 radical (unpaired) electrons. The number of esters is 1. The minimum Gasteiger partial charge on any atom is -0.489 e. The van der Waals surface area contributed by atoms with E-state index in [0.717, 1.165) is 0 Å². The molecule has 23 heavy (non-hydrogen) atoms. The van der Waals surface area contributed by atoms with Crippen molar-refractivity contribution in [3.8, 4) is 18.1 Å². The van der Waals surface area contributed by atoms with Crippen LogP contribution in [0.25, 0.3) is 0 Å². The molecule has 0 bridgehead atoms. The maximum Gasteiger partial charge on any atom is 0.313 e. The second-order valence-corrected chi connectivity index (χ2v) is 6.91. The van der Waals surface area contributed by atoms with Gasteiger partial charge >= 0.3 is 5.97 Å². The molecular formula is C20H26O3. The molecule has 1 rings (SSSR count). The zero-order valence-corrected chi connectivity index (χ0v) is 14.9. The topological polar surface area (TPSA) is 35.5 Å². The van der Waals surface area contributed by atoms with Gasteiger partial charge in [0.2, 0.25) is 0 Å². The van der Waals surface area contributed by atoms with E-state index in [4.69, 9.17) is 15.9 Å². The highest BCUT2D eigenvalue weighted by atomic mass is 16.6. The van der Waals surface area contributed by atoms with Crippen molar-refractivity contribution in [2.45, 2.75) is 47.1 Å². The molecule has 124 valence electrons. The number of terminal acetylenes is 1. The molecule has 0 amide bonds. The Morgan fingerprint density at radius 2 is 1.83 bits per heavy atom. The Labute approximate surface area is 139 Å². The quantitative estimate of drug-likeness (QED) is 0.457. The number of carbonyl (C=O) groups is 1. The van der Waals surface area contributed by atoms with Gasteiger partial charge in [-0.25, -0.2) is 0 Å². The smallest absolute Gasteiger partial charge is 0.313 e. The number of para-hydroxylation sites is 1. The fourth-order valence-corrected chi connectivity index (χ4v) is 1.79. The molecule has 3 heteroatoms.